The molecule has 4 rings (SSSR count). The lowest BCUT2D eigenvalue weighted by atomic mass is 9.73. The quantitative estimate of drug-likeness (QED) is 0.190. The van der Waals surface area contributed by atoms with Crippen LogP contribution in [0.15, 0.2) is 0 Å². The average molecular weight is 831 g/mol. The first-order valence-corrected chi connectivity index (χ1v) is 21.7. The van der Waals surface area contributed by atoms with Crippen molar-refractivity contribution in [2.45, 2.75) is 211 Å². The Morgan fingerprint density at radius 1 is 0.948 bits per heavy atom. The summed E-state index contributed by atoms with van der Waals surface area (Å²) in [4.78, 5) is 28.6. The third-order valence-electron chi connectivity index (χ3n) is 14.5. The van der Waals surface area contributed by atoms with Crippen molar-refractivity contribution in [2.75, 3.05) is 20.8 Å². The number of carbonyl (C=O) groups excluding carboxylic acids is 2. The number of amides is 1. The SMILES string of the molecule is CC[C@H]1OC(=O)[C@H](C)[C@@H](OC2C[C@@](C)(OC)[C@@H](C)[C@H](C)O2)[C@H](C)[C@@H](O[C@@H]2O[C@H](C)C[C@H](N(C)C3CCC3)[C@H]2O)[C@](C)(O)C[C@@H](C)[C@H](OCC(N)=O)[C@H](C)[C@@H](O)[C@]1(C)O. The molecule has 0 aromatic rings. The molecule has 1 aliphatic carbocycles. The van der Waals surface area contributed by atoms with Gasteiger partial charge in [-0.15, -0.1) is 0 Å². The van der Waals surface area contributed by atoms with Crippen molar-refractivity contribution in [2.24, 2.45) is 35.3 Å². The van der Waals surface area contributed by atoms with Crippen LogP contribution < -0.4 is 5.73 Å². The van der Waals surface area contributed by atoms with Crippen molar-refractivity contribution >= 4 is 11.9 Å². The summed E-state index contributed by atoms with van der Waals surface area (Å²) in [5, 5.41) is 48.5. The molecular weight excluding hydrogens is 752 g/mol. The minimum Gasteiger partial charge on any atom is -0.459 e. The molecule has 0 radical (unpaired) electrons. The number of hydrogen-bond acceptors (Lipinski definition) is 14. The summed E-state index contributed by atoms with van der Waals surface area (Å²) in [6.07, 6.45) is -5.04. The molecule has 19 atom stereocenters. The van der Waals surface area contributed by atoms with Crippen molar-refractivity contribution in [1.82, 2.24) is 4.90 Å². The number of aliphatic hydroxyl groups excluding tert-OH is 2. The van der Waals surface area contributed by atoms with Gasteiger partial charge in [0.05, 0.1) is 53.7 Å². The van der Waals surface area contributed by atoms with Crippen molar-refractivity contribution < 1.29 is 63.2 Å². The van der Waals surface area contributed by atoms with Crippen LogP contribution in [0.4, 0.5) is 0 Å². The predicted octanol–water partition coefficient (Wildman–Crippen LogP) is 3.28. The van der Waals surface area contributed by atoms with Gasteiger partial charge in [0.2, 0.25) is 5.91 Å². The topological polar surface area (TPSA) is 209 Å². The second kappa shape index (κ2) is 19.7. The average Bonchev–Trinajstić information content (AvgIpc) is 3.12. The monoisotopic (exact) mass is 831 g/mol. The summed E-state index contributed by atoms with van der Waals surface area (Å²) >= 11 is 0. The number of rotatable bonds is 11. The summed E-state index contributed by atoms with van der Waals surface area (Å²) in [6, 6.07) is 0.0736. The molecule has 0 aromatic heterocycles. The Labute approximate surface area is 346 Å². The van der Waals surface area contributed by atoms with Crippen LogP contribution in [0.3, 0.4) is 0 Å². The van der Waals surface area contributed by atoms with Gasteiger partial charge in [-0.25, -0.2) is 0 Å². The van der Waals surface area contributed by atoms with Gasteiger partial charge in [0, 0.05) is 43.4 Å². The summed E-state index contributed by atoms with van der Waals surface area (Å²) < 4.78 is 44.6. The zero-order valence-corrected chi connectivity index (χ0v) is 37.5. The largest absolute Gasteiger partial charge is 0.459 e. The number of carbonyl (C=O) groups is 2. The second-order valence-electron chi connectivity index (χ2n) is 19.1. The van der Waals surface area contributed by atoms with Gasteiger partial charge >= 0.3 is 5.97 Å². The van der Waals surface area contributed by atoms with E-state index in [9.17, 15) is 30.0 Å². The van der Waals surface area contributed by atoms with Gasteiger partial charge in [0.15, 0.2) is 12.6 Å². The Bertz CT molecular complexity index is 1350. The normalized spacial score (nSPS) is 47.9. The van der Waals surface area contributed by atoms with Crippen LogP contribution in [0.2, 0.25) is 0 Å². The first kappa shape index (κ1) is 49.2. The molecule has 15 nitrogen and oxygen atoms in total. The predicted molar refractivity (Wildman–Crippen MR) is 215 cm³/mol. The van der Waals surface area contributed by atoms with Gasteiger partial charge in [-0.2, -0.15) is 0 Å². The fraction of sp³-hybridized carbons (Fsp3) is 0.953. The smallest absolute Gasteiger partial charge is 0.311 e. The standard InChI is InChI=1S/C43H78N2O13/c1-14-31-43(11,51)37(48)24(4)35(53-21-32(44)46)22(2)19-41(9,50)38(58-40-34(47)30(18-23(3)54-40)45(12)29-16-15-17-29)25(5)36(26(6)39(49)56-31)57-33-20-42(10,52-13)27(7)28(8)55-33/h22-31,33-38,40,47-48,50-51H,14-21H2,1-13H3,(H2,44,46)/t22-,23-,24+,25+,26-,27+,28+,30+,31-,33?,34-,35+,36+,37-,38-,40+,41-,42-,43-/m1/s1. The fourth-order valence-electron chi connectivity index (χ4n) is 10.2. The number of methoxy groups -OCH3 is 1. The molecule has 3 heterocycles. The maximum atomic E-state index is 14.4. The van der Waals surface area contributed by atoms with E-state index in [4.69, 9.17) is 38.9 Å². The van der Waals surface area contributed by atoms with E-state index in [1.54, 1.807) is 34.8 Å². The first-order valence-electron chi connectivity index (χ1n) is 21.7. The highest BCUT2D eigenvalue weighted by Crippen LogP contribution is 2.43. The third kappa shape index (κ3) is 10.7. The highest BCUT2D eigenvalue weighted by atomic mass is 16.7. The molecule has 338 valence electrons. The Morgan fingerprint density at radius 2 is 1.59 bits per heavy atom. The van der Waals surface area contributed by atoms with E-state index in [0.29, 0.717) is 18.9 Å². The van der Waals surface area contributed by atoms with E-state index in [1.807, 2.05) is 41.7 Å². The molecule has 3 aliphatic heterocycles. The molecule has 0 bridgehead atoms. The van der Waals surface area contributed by atoms with Crippen LogP contribution >= 0.6 is 0 Å². The Balaban J connectivity index is 1.85. The Morgan fingerprint density at radius 3 is 2.14 bits per heavy atom. The summed E-state index contributed by atoms with van der Waals surface area (Å²) in [5.74, 6) is -4.62. The first-order chi connectivity index (χ1) is 26.9. The minimum absolute atomic E-state index is 0.00656. The molecule has 1 saturated carbocycles. The molecule has 4 aliphatic rings. The van der Waals surface area contributed by atoms with Gasteiger partial charge in [0.25, 0.3) is 0 Å². The maximum Gasteiger partial charge on any atom is 0.311 e. The fourth-order valence-corrected chi connectivity index (χ4v) is 10.2. The van der Waals surface area contributed by atoms with Gasteiger partial charge < -0.3 is 59.3 Å². The van der Waals surface area contributed by atoms with Gasteiger partial charge in [-0.1, -0.05) is 41.0 Å². The second-order valence-corrected chi connectivity index (χ2v) is 19.1. The van der Waals surface area contributed by atoms with Gasteiger partial charge in [-0.3, -0.25) is 14.5 Å². The van der Waals surface area contributed by atoms with Gasteiger partial charge in [0.1, 0.15) is 24.4 Å². The highest BCUT2D eigenvalue weighted by Gasteiger charge is 2.54. The number of primary amides is 1. The van der Waals surface area contributed by atoms with E-state index < -0.39 is 108 Å². The molecule has 0 spiro atoms. The number of ether oxygens (including phenoxy) is 7. The van der Waals surface area contributed by atoms with Crippen LogP contribution in [0.1, 0.15) is 121 Å². The van der Waals surface area contributed by atoms with Crippen molar-refractivity contribution in [3.63, 3.8) is 0 Å². The van der Waals surface area contributed by atoms with Crippen molar-refractivity contribution in [3.8, 4) is 0 Å². The van der Waals surface area contributed by atoms with Crippen LogP contribution in [0, 0.1) is 29.6 Å². The van der Waals surface area contributed by atoms with Crippen LogP contribution in [-0.4, -0.2) is 148 Å². The van der Waals surface area contributed by atoms with Crippen LogP contribution in [0.25, 0.3) is 0 Å². The number of hydrogen-bond donors (Lipinski definition) is 5. The zero-order valence-electron chi connectivity index (χ0n) is 37.5. The number of nitrogens with zero attached hydrogens (tertiary/aromatic N) is 1. The summed E-state index contributed by atoms with van der Waals surface area (Å²) in [6.45, 7) is 19.2. The minimum atomic E-state index is -1.95. The van der Waals surface area contributed by atoms with Crippen LogP contribution in [0.5, 0.6) is 0 Å². The maximum absolute atomic E-state index is 14.4. The molecule has 1 unspecified atom stereocenters. The molecule has 15 heteroatoms. The van der Waals surface area contributed by atoms with E-state index >= 15 is 0 Å². The number of aliphatic hydroxyl groups is 4. The summed E-state index contributed by atoms with van der Waals surface area (Å²) in [7, 11) is 3.67. The number of esters is 1. The Hall–Kier alpha value is -1.50. The molecule has 6 N–H and O–H groups in total. The molecule has 1 amide bonds. The lowest BCUT2D eigenvalue weighted by molar-refractivity contribution is -0.315. The van der Waals surface area contributed by atoms with Crippen molar-refractivity contribution in [1.29, 1.82) is 0 Å². The molecule has 0 aromatic carbocycles. The number of nitrogens with two attached hydrogens (primary N) is 1. The highest BCUT2D eigenvalue weighted by molar-refractivity contribution is 5.75. The van der Waals surface area contributed by atoms with Crippen molar-refractivity contribution in [3.05, 3.63) is 0 Å². The number of likely N-dealkylation sites (N-methyl/N-ethyl adjacent to an activating group) is 1. The zero-order chi connectivity index (χ0) is 43.7. The lowest BCUT2D eigenvalue weighted by Crippen LogP contribution is -2.62. The third-order valence-corrected chi connectivity index (χ3v) is 14.5. The van der Waals surface area contributed by atoms with E-state index in [-0.39, 0.29) is 37.0 Å². The molecule has 4 fully saturated rings. The lowest BCUT2D eigenvalue weighted by Gasteiger charge is -2.50. The van der Waals surface area contributed by atoms with Crippen LogP contribution in [-0.2, 0) is 42.7 Å². The van der Waals surface area contributed by atoms with E-state index in [0.717, 1.165) is 19.3 Å². The Kier molecular flexibility index (Phi) is 16.7. The van der Waals surface area contributed by atoms with E-state index in [1.165, 1.54) is 6.92 Å². The number of cyclic esters (lactones) is 1. The molecular formula is C43H78N2O13. The molecule has 3 saturated heterocycles. The van der Waals surface area contributed by atoms with E-state index in [2.05, 4.69) is 11.8 Å². The molecule has 58 heavy (non-hydrogen) atoms. The van der Waals surface area contributed by atoms with Gasteiger partial charge in [-0.05, 0) is 86.6 Å². The summed E-state index contributed by atoms with van der Waals surface area (Å²) in [5.41, 5.74) is 1.20.